The van der Waals surface area contributed by atoms with Crippen molar-refractivity contribution >= 4 is 6.03 Å². The molecule has 2 N–H and O–H groups in total. The topological polar surface area (TPSA) is 64.0 Å². The predicted octanol–water partition coefficient (Wildman–Crippen LogP) is 2.71. The summed E-state index contributed by atoms with van der Waals surface area (Å²) in [5.41, 5.74) is 2.07. The first kappa shape index (κ1) is 20.4. The highest BCUT2D eigenvalue weighted by Gasteiger charge is 2.45. The summed E-state index contributed by atoms with van der Waals surface area (Å²) in [6.45, 7) is 4.80. The zero-order chi connectivity index (χ0) is 20.1. The molecular weight excluding hydrogens is 352 g/mol. The SMILES string of the molecule is CCN1C(=O)N(CC)C(Cc2ccccc2)C(O)C(O)C1Cc1ccccc1. The molecule has 1 fully saturated rings. The van der Waals surface area contributed by atoms with Gasteiger partial charge < -0.3 is 20.0 Å². The summed E-state index contributed by atoms with van der Waals surface area (Å²) in [6, 6.07) is 18.6. The number of urea groups is 1. The van der Waals surface area contributed by atoms with Crippen molar-refractivity contribution in [2.45, 2.75) is 51.0 Å². The summed E-state index contributed by atoms with van der Waals surface area (Å²) < 4.78 is 0. The quantitative estimate of drug-likeness (QED) is 0.807. The van der Waals surface area contributed by atoms with Crippen LogP contribution in [0.15, 0.2) is 60.7 Å². The van der Waals surface area contributed by atoms with Gasteiger partial charge in [0.2, 0.25) is 0 Å². The Balaban J connectivity index is 1.93. The van der Waals surface area contributed by atoms with E-state index in [-0.39, 0.29) is 6.03 Å². The average Bonchev–Trinajstić information content (AvgIpc) is 2.79. The third-order valence-corrected chi connectivity index (χ3v) is 5.69. The zero-order valence-corrected chi connectivity index (χ0v) is 16.6. The van der Waals surface area contributed by atoms with Crippen molar-refractivity contribution in [1.29, 1.82) is 0 Å². The Morgan fingerprint density at radius 2 is 1.07 bits per heavy atom. The van der Waals surface area contributed by atoms with Crippen LogP contribution in [-0.4, -0.2) is 63.4 Å². The molecule has 4 atom stereocenters. The normalized spacial score (nSPS) is 25.6. The fraction of sp³-hybridized carbons (Fsp3) is 0.435. The van der Waals surface area contributed by atoms with Crippen molar-refractivity contribution in [3.8, 4) is 0 Å². The summed E-state index contributed by atoms with van der Waals surface area (Å²) in [6.07, 6.45) is -1.02. The molecule has 0 spiro atoms. The van der Waals surface area contributed by atoms with E-state index in [0.29, 0.717) is 25.9 Å². The molecule has 1 aliphatic rings. The zero-order valence-electron chi connectivity index (χ0n) is 16.6. The van der Waals surface area contributed by atoms with Crippen LogP contribution in [0.2, 0.25) is 0 Å². The molecule has 3 rings (SSSR count). The first-order valence-corrected chi connectivity index (χ1v) is 10.1. The van der Waals surface area contributed by atoms with Crippen molar-refractivity contribution < 1.29 is 15.0 Å². The van der Waals surface area contributed by atoms with Gasteiger partial charge in [0.1, 0.15) is 12.2 Å². The number of rotatable bonds is 6. The molecule has 28 heavy (non-hydrogen) atoms. The highest BCUT2D eigenvalue weighted by molar-refractivity contribution is 5.76. The van der Waals surface area contributed by atoms with Crippen LogP contribution in [0, 0.1) is 0 Å². The van der Waals surface area contributed by atoms with Gasteiger partial charge in [-0.05, 0) is 37.8 Å². The Hall–Kier alpha value is -2.37. The van der Waals surface area contributed by atoms with E-state index in [2.05, 4.69) is 0 Å². The molecule has 4 unspecified atom stereocenters. The standard InChI is InChI=1S/C23H30N2O3/c1-3-24-19(15-17-11-7-5-8-12-17)21(26)22(27)20(25(4-2)23(24)28)16-18-13-9-6-10-14-18/h5-14,19-22,26-27H,3-4,15-16H2,1-2H3. The number of hydrogen-bond acceptors (Lipinski definition) is 3. The summed E-state index contributed by atoms with van der Waals surface area (Å²) in [5, 5.41) is 22.2. The van der Waals surface area contributed by atoms with Crippen LogP contribution in [0.4, 0.5) is 4.79 Å². The molecule has 0 aliphatic carbocycles. The number of aliphatic hydroxyl groups is 2. The number of amides is 2. The molecule has 1 saturated heterocycles. The Morgan fingerprint density at radius 3 is 1.39 bits per heavy atom. The van der Waals surface area contributed by atoms with Crippen LogP contribution in [0.3, 0.4) is 0 Å². The molecular formula is C23H30N2O3. The van der Waals surface area contributed by atoms with Crippen LogP contribution in [0.5, 0.6) is 0 Å². The van der Waals surface area contributed by atoms with Crippen LogP contribution >= 0.6 is 0 Å². The second kappa shape index (κ2) is 9.22. The van der Waals surface area contributed by atoms with Gasteiger partial charge in [-0.2, -0.15) is 0 Å². The molecule has 0 saturated carbocycles. The van der Waals surface area contributed by atoms with Crippen LogP contribution in [0.1, 0.15) is 25.0 Å². The third-order valence-electron chi connectivity index (χ3n) is 5.69. The molecule has 2 amide bonds. The van der Waals surface area contributed by atoms with E-state index in [4.69, 9.17) is 0 Å². The minimum Gasteiger partial charge on any atom is -0.388 e. The lowest BCUT2D eigenvalue weighted by Crippen LogP contribution is -2.50. The van der Waals surface area contributed by atoms with Crippen molar-refractivity contribution in [1.82, 2.24) is 9.80 Å². The van der Waals surface area contributed by atoms with Crippen molar-refractivity contribution in [2.75, 3.05) is 13.1 Å². The van der Waals surface area contributed by atoms with Gasteiger partial charge in [0.15, 0.2) is 0 Å². The minimum absolute atomic E-state index is 0.123. The van der Waals surface area contributed by atoms with Crippen molar-refractivity contribution in [3.63, 3.8) is 0 Å². The molecule has 2 aromatic carbocycles. The van der Waals surface area contributed by atoms with Gasteiger partial charge >= 0.3 is 6.03 Å². The van der Waals surface area contributed by atoms with Gasteiger partial charge in [-0.25, -0.2) is 4.79 Å². The maximum atomic E-state index is 13.3. The minimum atomic E-state index is -1.02. The number of carbonyl (C=O) groups is 1. The summed E-state index contributed by atoms with van der Waals surface area (Å²) in [7, 11) is 0. The van der Waals surface area contributed by atoms with Crippen LogP contribution < -0.4 is 0 Å². The molecule has 0 aromatic heterocycles. The Labute approximate surface area is 167 Å². The first-order valence-electron chi connectivity index (χ1n) is 10.1. The molecule has 0 radical (unpaired) electrons. The fourth-order valence-corrected chi connectivity index (χ4v) is 4.19. The lowest BCUT2D eigenvalue weighted by atomic mass is 9.91. The Bertz CT molecular complexity index is 689. The average molecular weight is 383 g/mol. The molecule has 2 aromatic rings. The van der Waals surface area contributed by atoms with Crippen LogP contribution in [0.25, 0.3) is 0 Å². The summed E-state index contributed by atoms with van der Waals surface area (Å²) >= 11 is 0. The molecule has 5 nitrogen and oxygen atoms in total. The molecule has 1 heterocycles. The van der Waals surface area contributed by atoms with E-state index in [1.807, 2.05) is 74.5 Å². The number of likely N-dealkylation sites (N-methyl/N-ethyl adjacent to an activating group) is 2. The van der Waals surface area contributed by atoms with E-state index in [1.54, 1.807) is 9.80 Å². The molecule has 1 aliphatic heterocycles. The monoisotopic (exact) mass is 382 g/mol. The lowest BCUT2D eigenvalue weighted by Gasteiger charge is -2.34. The van der Waals surface area contributed by atoms with E-state index >= 15 is 0 Å². The summed E-state index contributed by atoms with van der Waals surface area (Å²) in [4.78, 5) is 16.7. The van der Waals surface area contributed by atoms with Gasteiger partial charge in [0.25, 0.3) is 0 Å². The van der Waals surface area contributed by atoms with Crippen LogP contribution in [-0.2, 0) is 12.8 Å². The number of carbonyl (C=O) groups excluding carboxylic acids is 1. The Kier molecular flexibility index (Phi) is 6.70. The van der Waals surface area contributed by atoms with E-state index in [1.165, 1.54) is 0 Å². The first-order chi connectivity index (χ1) is 13.6. The van der Waals surface area contributed by atoms with Gasteiger partial charge in [-0.15, -0.1) is 0 Å². The van der Waals surface area contributed by atoms with Crippen molar-refractivity contribution in [2.24, 2.45) is 0 Å². The second-order valence-corrected chi connectivity index (χ2v) is 7.35. The largest absolute Gasteiger partial charge is 0.388 e. The maximum Gasteiger partial charge on any atom is 0.320 e. The third kappa shape index (κ3) is 4.21. The highest BCUT2D eigenvalue weighted by Crippen LogP contribution is 2.26. The van der Waals surface area contributed by atoms with E-state index < -0.39 is 24.3 Å². The second-order valence-electron chi connectivity index (χ2n) is 7.35. The van der Waals surface area contributed by atoms with E-state index in [9.17, 15) is 15.0 Å². The number of benzene rings is 2. The molecule has 150 valence electrons. The number of aliphatic hydroxyl groups excluding tert-OH is 2. The Morgan fingerprint density at radius 1 is 0.714 bits per heavy atom. The van der Waals surface area contributed by atoms with Gasteiger partial charge in [-0.1, -0.05) is 60.7 Å². The van der Waals surface area contributed by atoms with Gasteiger partial charge in [0.05, 0.1) is 12.1 Å². The molecule has 5 heteroatoms. The van der Waals surface area contributed by atoms with Gasteiger partial charge in [0, 0.05) is 13.1 Å². The fourth-order valence-electron chi connectivity index (χ4n) is 4.19. The maximum absolute atomic E-state index is 13.3. The molecule has 0 bridgehead atoms. The summed E-state index contributed by atoms with van der Waals surface area (Å²) in [5.74, 6) is 0. The number of hydrogen-bond donors (Lipinski definition) is 2. The van der Waals surface area contributed by atoms with Gasteiger partial charge in [-0.3, -0.25) is 0 Å². The highest BCUT2D eigenvalue weighted by atomic mass is 16.3. The van der Waals surface area contributed by atoms with E-state index in [0.717, 1.165) is 11.1 Å². The smallest absolute Gasteiger partial charge is 0.320 e. The van der Waals surface area contributed by atoms with Crippen molar-refractivity contribution in [3.05, 3.63) is 71.8 Å². The lowest BCUT2D eigenvalue weighted by molar-refractivity contribution is -0.0387. The number of nitrogens with zero attached hydrogens (tertiary/aromatic N) is 2. The predicted molar refractivity (Wildman–Crippen MR) is 110 cm³/mol.